The van der Waals surface area contributed by atoms with Crippen molar-refractivity contribution in [3.63, 3.8) is 0 Å². The van der Waals surface area contributed by atoms with Crippen molar-refractivity contribution in [3.05, 3.63) is 0 Å². The summed E-state index contributed by atoms with van der Waals surface area (Å²) in [7, 11) is 0. The maximum absolute atomic E-state index is 11.4. The van der Waals surface area contributed by atoms with Crippen LogP contribution >= 0.6 is 0 Å². The molecule has 3 saturated heterocycles. The van der Waals surface area contributed by atoms with Crippen LogP contribution in [0.4, 0.5) is 0 Å². The average molecular weight is 781 g/mol. The van der Waals surface area contributed by atoms with Crippen molar-refractivity contribution >= 4 is 0 Å². The predicted molar refractivity (Wildman–Crippen MR) is 187 cm³/mol. The van der Waals surface area contributed by atoms with Crippen LogP contribution in [-0.2, 0) is 33.2 Å². The Morgan fingerprint density at radius 2 is 1.20 bits per heavy atom. The molecule has 6 rings (SSSR count). The van der Waals surface area contributed by atoms with E-state index in [1.807, 2.05) is 0 Å². The highest BCUT2D eigenvalue weighted by Crippen LogP contribution is 2.49. The normalized spacial score (nSPS) is 50.9. The topological polar surface area (TPSA) is 348 Å². The molecule has 1 unspecified atom stereocenters. The van der Waals surface area contributed by atoms with E-state index < -0.39 is 129 Å². The summed E-state index contributed by atoms with van der Waals surface area (Å²) < 4.78 is 42.8. The van der Waals surface area contributed by atoms with E-state index in [1.54, 1.807) is 0 Å². The molecule has 0 aromatic heterocycles. The van der Waals surface area contributed by atoms with Crippen molar-refractivity contribution in [2.24, 2.45) is 46.4 Å². The van der Waals surface area contributed by atoms with Gasteiger partial charge in [0, 0.05) is 25.2 Å². The lowest BCUT2D eigenvalue weighted by Gasteiger charge is -2.47. The second-order valence-electron chi connectivity index (χ2n) is 16.0. The molecule has 18 N–H and O–H groups in total. The van der Waals surface area contributed by atoms with E-state index in [2.05, 4.69) is 5.32 Å². The van der Waals surface area contributed by atoms with Crippen molar-refractivity contribution < 1.29 is 68.9 Å². The third kappa shape index (κ3) is 9.08. The van der Waals surface area contributed by atoms with Gasteiger partial charge in [0.15, 0.2) is 18.9 Å². The van der Waals surface area contributed by atoms with Gasteiger partial charge in [-0.2, -0.15) is 0 Å². The minimum absolute atomic E-state index is 0.0973. The van der Waals surface area contributed by atoms with Crippen molar-refractivity contribution in [3.8, 4) is 0 Å². The van der Waals surface area contributed by atoms with E-state index in [1.165, 1.54) is 25.7 Å². The molecule has 6 fully saturated rings. The van der Waals surface area contributed by atoms with Gasteiger partial charge in [-0.05, 0) is 56.4 Å². The third-order valence-electron chi connectivity index (χ3n) is 12.5. The molecule has 0 aromatic rings. The standard InChI is InChI=1S/C34H64N6O14/c35-10-18-24(44)26(46)21(38)32(49-18)53-29-20(12-42)51-34(31(29)48-6-5-40-4-3-15-8-13-1-2-14(15)7-13)54-30-23(43)16(36)9-17(37)28(30)52-33-22(39)27(47)25(45)19(11-41)50-33/h13-34,40-47H,1-12,35-39H2/t13-,14+,15?,16-,17+,18+,19-,20-,21-,22-,23+,24-,25-,26-,27-,28-,29-,30-,31-,32-,33-,34+/m1/s1. The molecule has 3 heterocycles. The van der Waals surface area contributed by atoms with E-state index >= 15 is 0 Å². The fraction of sp³-hybridized carbons (Fsp3) is 1.00. The summed E-state index contributed by atoms with van der Waals surface area (Å²) in [5, 5.41) is 76.9. The van der Waals surface area contributed by atoms with E-state index in [9.17, 15) is 35.7 Å². The summed E-state index contributed by atoms with van der Waals surface area (Å²) >= 11 is 0. The molecule has 20 nitrogen and oxygen atoms in total. The van der Waals surface area contributed by atoms with Gasteiger partial charge in [-0.25, -0.2) is 0 Å². The third-order valence-corrected chi connectivity index (χ3v) is 12.5. The largest absolute Gasteiger partial charge is 0.394 e. The highest BCUT2D eigenvalue weighted by atomic mass is 16.8. The van der Waals surface area contributed by atoms with Gasteiger partial charge < -0.3 is 103 Å². The Morgan fingerprint density at radius 1 is 0.593 bits per heavy atom. The first-order valence-electron chi connectivity index (χ1n) is 19.5. The second kappa shape index (κ2) is 18.9. The molecule has 3 aliphatic carbocycles. The first-order valence-corrected chi connectivity index (χ1v) is 19.5. The lowest BCUT2D eigenvalue weighted by atomic mass is 9.84. The number of hydrogen-bond donors (Lipinski definition) is 13. The van der Waals surface area contributed by atoms with Gasteiger partial charge in [0.1, 0.15) is 67.1 Å². The zero-order valence-electron chi connectivity index (χ0n) is 30.6. The second-order valence-corrected chi connectivity index (χ2v) is 16.0. The maximum atomic E-state index is 11.4. The van der Waals surface area contributed by atoms with E-state index in [-0.39, 0.29) is 19.6 Å². The molecule has 314 valence electrons. The molecule has 54 heavy (non-hydrogen) atoms. The quantitative estimate of drug-likeness (QED) is 0.0648. The number of fused-ring (bicyclic) bond motifs is 2. The number of hydrogen-bond acceptors (Lipinski definition) is 20. The fourth-order valence-corrected chi connectivity index (χ4v) is 9.26. The first-order chi connectivity index (χ1) is 25.9. The monoisotopic (exact) mass is 780 g/mol. The van der Waals surface area contributed by atoms with Crippen LogP contribution in [0, 0.1) is 17.8 Å². The number of nitrogens with two attached hydrogens (primary N) is 5. The van der Waals surface area contributed by atoms with Crippen molar-refractivity contribution in [1.29, 1.82) is 0 Å². The zero-order valence-corrected chi connectivity index (χ0v) is 30.6. The SMILES string of the molecule is NC[C@@H]1O[C@H](O[C@H]2[C@@H](OCCNCCC3C[C@@H]4CC[C@H]3C4)[C@H](O[C@@H]3[C@@H](O)[C@H](N)C[C@H](N)[C@H]3O[C@H]3O[C@H](CO)[C@@H](O)[C@H](O)[C@H]3N)O[C@@H]2CO)[C@H](N)[C@@H](O)[C@@H]1O. The fourth-order valence-electron chi connectivity index (χ4n) is 9.26. The van der Waals surface area contributed by atoms with Crippen molar-refractivity contribution in [2.45, 2.75) is 155 Å². The summed E-state index contributed by atoms with van der Waals surface area (Å²) in [5.74, 6) is 2.42. The molecule has 0 radical (unpaired) electrons. The Labute approximate surface area is 314 Å². The van der Waals surface area contributed by atoms with Crippen LogP contribution < -0.4 is 34.0 Å². The predicted octanol–water partition coefficient (Wildman–Crippen LogP) is -6.42. The molecule has 3 saturated carbocycles. The number of ether oxygens (including phenoxy) is 7. The minimum Gasteiger partial charge on any atom is -0.394 e. The Balaban J connectivity index is 1.17. The summed E-state index contributed by atoms with van der Waals surface area (Å²) in [6.45, 7) is 0.0948. The summed E-state index contributed by atoms with van der Waals surface area (Å²) in [6.07, 6.45) is -12.7. The lowest BCUT2D eigenvalue weighted by molar-refractivity contribution is -0.311. The number of nitrogens with one attached hydrogen (secondary N) is 1. The Bertz CT molecular complexity index is 1170. The van der Waals surface area contributed by atoms with Crippen molar-refractivity contribution in [1.82, 2.24) is 5.32 Å². The Hall–Kier alpha value is -0.800. The lowest BCUT2D eigenvalue weighted by Crippen LogP contribution is -2.68. The van der Waals surface area contributed by atoms with Gasteiger partial charge in [0.2, 0.25) is 0 Å². The van der Waals surface area contributed by atoms with E-state index in [0.29, 0.717) is 6.54 Å². The first kappa shape index (κ1) is 42.8. The molecule has 22 atom stereocenters. The van der Waals surface area contributed by atoms with Crippen LogP contribution in [0.3, 0.4) is 0 Å². The average Bonchev–Trinajstić information content (AvgIpc) is 3.88. The number of aliphatic hydroxyl groups is 7. The van der Waals surface area contributed by atoms with Gasteiger partial charge in [0.25, 0.3) is 0 Å². The highest BCUT2D eigenvalue weighted by Gasteiger charge is 2.55. The summed E-state index contributed by atoms with van der Waals surface area (Å²) in [5.41, 5.74) is 30.9. The minimum atomic E-state index is -1.51. The summed E-state index contributed by atoms with van der Waals surface area (Å²) in [4.78, 5) is 0. The molecule has 3 aliphatic heterocycles. The van der Waals surface area contributed by atoms with Crippen LogP contribution in [0.25, 0.3) is 0 Å². The van der Waals surface area contributed by atoms with Crippen LogP contribution in [0.1, 0.15) is 38.5 Å². The van der Waals surface area contributed by atoms with Gasteiger partial charge in [-0.15, -0.1) is 0 Å². The molecular weight excluding hydrogens is 716 g/mol. The smallest absolute Gasteiger partial charge is 0.187 e. The molecular formula is C34H64N6O14. The van der Waals surface area contributed by atoms with E-state index in [0.717, 1.165) is 30.7 Å². The van der Waals surface area contributed by atoms with Crippen LogP contribution in [0.5, 0.6) is 0 Å². The molecule has 0 amide bonds. The summed E-state index contributed by atoms with van der Waals surface area (Å²) in [6, 6.07) is -4.18. The van der Waals surface area contributed by atoms with Crippen molar-refractivity contribution in [2.75, 3.05) is 39.5 Å². The maximum Gasteiger partial charge on any atom is 0.187 e. The zero-order chi connectivity index (χ0) is 38.8. The van der Waals surface area contributed by atoms with Gasteiger partial charge in [-0.3, -0.25) is 0 Å². The van der Waals surface area contributed by atoms with Gasteiger partial charge >= 0.3 is 0 Å². The molecule has 0 aromatic carbocycles. The number of aliphatic hydroxyl groups excluding tert-OH is 7. The Kier molecular flexibility index (Phi) is 14.9. The van der Waals surface area contributed by atoms with Gasteiger partial charge in [0.05, 0.1) is 38.0 Å². The molecule has 2 bridgehead atoms. The van der Waals surface area contributed by atoms with E-state index in [4.69, 9.17) is 61.8 Å². The molecule has 6 aliphatic rings. The van der Waals surface area contributed by atoms with Crippen LogP contribution in [-0.4, -0.2) is 191 Å². The van der Waals surface area contributed by atoms with Gasteiger partial charge in [-0.1, -0.05) is 6.42 Å². The van der Waals surface area contributed by atoms with Crippen LogP contribution in [0.15, 0.2) is 0 Å². The Morgan fingerprint density at radius 3 is 1.81 bits per heavy atom. The number of rotatable bonds is 16. The van der Waals surface area contributed by atoms with Crippen LogP contribution in [0.2, 0.25) is 0 Å². The highest BCUT2D eigenvalue weighted by molar-refractivity contribution is 5.02. The molecule has 0 spiro atoms. The molecule has 20 heteroatoms.